The average molecular weight is 458 g/mol. The number of carbonyl (C=O) groups excluding carboxylic acids is 1. The maximum Gasteiger partial charge on any atom is 0.352 e. The van der Waals surface area contributed by atoms with E-state index in [2.05, 4.69) is 67.4 Å². The number of benzene rings is 2. The summed E-state index contributed by atoms with van der Waals surface area (Å²) < 4.78 is 18.5. The van der Waals surface area contributed by atoms with Crippen LogP contribution in [0.25, 0.3) is 10.8 Å². The lowest BCUT2D eigenvalue weighted by Gasteiger charge is -2.50. The van der Waals surface area contributed by atoms with Gasteiger partial charge in [-0.1, -0.05) is 65.3 Å². The third-order valence-corrected chi connectivity index (χ3v) is 6.93. The average Bonchev–Trinajstić information content (AvgIpc) is 2.78. The number of halogens is 1. The molecule has 0 aliphatic heterocycles. The minimum absolute atomic E-state index is 0.156. The van der Waals surface area contributed by atoms with E-state index in [-0.39, 0.29) is 17.4 Å². The van der Waals surface area contributed by atoms with Gasteiger partial charge in [0.2, 0.25) is 0 Å². The molecule has 1 N–H and O–H groups in total. The highest BCUT2D eigenvalue weighted by Gasteiger charge is 2.52. The molecule has 4 nitrogen and oxygen atoms in total. The van der Waals surface area contributed by atoms with E-state index in [0.29, 0.717) is 19.1 Å². The van der Waals surface area contributed by atoms with Crippen LogP contribution in [0, 0.1) is 17.3 Å². The molecule has 4 rings (SSSR count). The first-order valence-corrected chi connectivity index (χ1v) is 12.5. The van der Waals surface area contributed by atoms with Gasteiger partial charge in [0.1, 0.15) is 5.75 Å². The van der Waals surface area contributed by atoms with Gasteiger partial charge in [0.25, 0.3) is 0 Å². The highest BCUT2D eigenvalue weighted by Crippen LogP contribution is 2.47. The van der Waals surface area contributed by atoms with Crippen molar-refractivity contribution in [3.8, 4) is 5.75 Å². The largest absolute Gasteiger partial charge is 0.490 e. The molecule has 2 unspecified atom stereocenters. The normalized spacial score (nSPS) is 22.3. The summed E-state index contributed by atoms with van der Waals surface area (Å²) in [5.74, 6) is 0.659. The van der Waals surface area contributed by atoms with Crippen LogP contribution < -0.4 is 10.1 Å². The van der Waals surface area contributed by atoms with E-state index >= 15 is 0 Å². The standard InChI is InChI=1S/C24H30FNO3.C4H10/c1-24(2)20(23(27)29-25)14-22(24)26-15-16-11-12-19-17(13-16)7-6-10-21(19)28-18-8-4-3-5-9-18;1-4(2)3/h6-7,10-13,18,20,22,26H,3-5,8-9,14-15H2,1-2H3;4H,1-3H3. The number of ether oxygens (including phenoxy) is 1. The summed E-state index contributed by atoms with van der Waals surface area (Å²) in [5.41, 5.74) is 0.862. The molecule has 0 radical (unpaired) electrons. The van der Waals surface area contributed by atoms with Crippen molar-refractivity contribution in [1.29, 1.82) is 0 Å². The molecular weight excluding hydrogens is 417 g/mol. The summed E-state index contributed by atoms with van der Waals surface area (Å²) in [5, 5.41) is 5.84. The van der Waals surface area contributed by atoms with Gasteiger partial charge in [-0.3, -0.25) is 4.94 Å². The van der Waals surface area contributed by atoms with Gasteiger partial charge in [-0.15, -0.1) is 0 Å². The van der Waals surface area contributed by atoms with Crippen LogP contribution in [0.3, 0.4) is 0 Å². The molecule has 0 bridgehead atoms. The first kappa shape index (κ1) is 25.5. The lowest BCUT2D eigenvalue weighted by molar-refractivity contribution is -0.201. The van der Waals surface area contributed by atoms with Crippen molar-refractivity contribution >= 4 is 16.7 Å². The minimum atomic E-state index is -0.760. The Kier molecular flexibility index (Phi) is 8.75. The first-order chi connectivity index (χ1) is 15.7. The molecule has 0 amide bonds. The van der Waals surface area contributed by atoms with E-state index in [9.17, 15) is 9.32 Å². The van der Waals surface area contributed by atoms with Crippen molar-refractivity contribution in [1.82, 2.24) is 5.32 Å². The molecule has 0 heterocycles. The molecule has 0 aromatic heterocycles. The summed E-state index contributed by atoms with van der Waals surface area (Å²) in [4.78, 5) is 14.9. The Morgan fingerprint density at radius 1 is 1.12 bits per heavy atom. The Morgan fingerprint density at radius 2 is 1.82 bits per heavy atom. The molecular formula is C28H40FNO3. The molecule has 2 aliphatic carbocycles. The van der Waals surface area contributed by atoms with Crippen molar-refractivity contribution < 1.29 is 19.0 Å². The van der Waals surface area contributed by atoms with Crippen molar-refractivity contribution in [3.63, 3.8) is 0 Å². The monoisotopic (exact) mass is 457 g/mol. The van der Waals surface area contributed by atoms with E-state index < -0.39 is 5.97 Å². The zero-order valence-corrected chi connectivity index (χ0v) is 20.8. The van der Waals surface area contributed by atoms with Crippen LogP contribution in [0.2, 0.25) is 0 Å². The maximum atomic E-state index is 12.2. The fourth-order valence-corrected chi connectivity index (χ4v) is 4.85. The van der Waals surface area contributed by atoms with E-state index in [0.717, 1.165) is 29.9 Å². The van der Waals surface area contributed by atoms with Crippen LogP contribution >= 0.6 is 0 Å². The van der Waals surface area contributed by atoms with Gasteiger partial charge in [-0.25, -0.2) is 4.79 Å². The molecule has 2 atom stereocenters. The number of fused-ring (bicyclic) bond motifs is 1. The Bertz CT molecular complexity index is 918. The molecule has 0 saturated heterocycles. The van der Waals surface area contributed by atoms with Crippen molar-refractivity contribution in [2.75, 3.05) is 0 Å². The zero-order chi connectivity index (χ0) is 24.0. The van der Waals surface area contributed by atoms with E-state index in [1.807, 2.05) is 13.8 Å². The van der Waals surface area contributed by atoms with Gasteiger partial charge in [-0.05, 0) is 66.5 Å². The fourth-order valence-electron chi connectivity index (χ4n) is 4.85. The van der Waals surface area contributed by atoms with Crippen molar-refractivity contribution in [2.45, 2.75) is 91.8 Å². The van der Waals surface area contributed by atoms with Crippen LogP contribution in [-0.4, -0.2) is 18.1 Å². The molecule has 2 aliphatic rings. The molecule has 2 saturated carbocycles. The molecule has 2 aromatic carbocycles. The summed E-state index contributed by atoms with van der Waals surface area (Å²) >= 11 is 0. The quantitative estimate of drug-likeness (QED) is 0.500. The summed E-state index contributed by atoms with van der Waals surface area (Å²) in [6.45, 7) is 11.2. The third kappa shape index (κ3) is 6.47. The van der Waals surface area contributed by atoms with Crippen LogP contribution in [0.15, 0.2) is 36.4 Å². The third-order valence-electron chi connectivity index (χ3n) is 6.93. The summed E-state index contributed by atoms with van der Waals surface area (Å²) in [6, 6.07) is 12.8. The Balaban J connectivity index is 0.000000709. The molecule has 182 valence electrons. The van der Waals surface area contributed by atoms with Gasteiger partial charge in [-0.2, -0.15) is 0 Å². The smallest absolute Gasteiger partial charge is 0.352 e. The fraction of sp³-hybridized carbons (Fsp3) is 0.607. The van der Waals surface area contributed by atoms with Gasteiger partial charge in [0.05, 0.1) is 12.0 Å². The van der Waals surface area contributed by atoms with Crippen LogP contribution in [0.4, 0.5) is 4.53 Å². The molecule has 0 spiro atoms. The predicted molar refractivity (Wildman–Crippen MR) is 132 cm³/mol. The highest BCUT2D eigenvalue weighted by atomic mass is 19.3. The number of carbonyl (C=O) groups is 1. The van der Waals surface area contributed by atoms with Crippen molar-refractivity contribution in [3.05, 3.63) is 42.0 Å². The van der Waals surface area contributed by atoms with Crippen LogP contribution in [0.1, 0.15) is 78.7 Å². The second-order valence-electron chi connectivity index (χ2n) is 10.9. The van der Waals surface area contributed by atoms with Crippen molar-refractivity contribution in [2.24, 2.45) is 17.3 Å². The zero-order valence-electron chi connectivity index (χ0n) is 20.8. The predicted octanol–water partition coefficient (Wildman–Crippen LogP) is 7.15. The van der Waals surface area contributed by atoms with Gasteiger partial charge in [0.15, 0.2) is 0 Å². The lowest BCUT2D eigenvalue weighted by atomic mass is 9.58. The van der Waals surface area contributed by atoms with Crippen LogP contribution in [-0.2, 0) is 16.3 Å². The number of nitrogens with one attached hydrogen (secondary N) is 1. The van der Waals surface area contributed by atoms with E-state index in [4.69, 9.17) is 4.74 Å². The molecule has 5 heteroatoms. The topological polar surface area (TPSA) is 47.6 Å². The van der Waals surface area contributed by atoms with Gasteiger partial charge >= 0.3 is 5.97 Å². The maximum absolute atomic E-state index is 12.2. The second-order valence-corrected chi connectivity index (χ2v) is 10.9. The minimum Gasteiger partial charge on any atom is -0.490 e. The Hall–Kier alpha value is -2.14. The number of hydrogen-bond acceptors (Lipinski definition) is 4. The van der Waals surface area contributed by atoms with E-state index in [1.54, 1.807) is 0 Å². The van der Waals surface area contributed by atoms with Crippen LogP contribution in [0.5, 0.6) is 5.75 Å². The number of rotatable bonds is 6. The SMILES string of the molecule is CC(C)C.CC1(C)C(NCc2ccc3c(OC4CCCCC4)cccc3c2)CC1C(=O)OF. The summed E-state index contributed by atoms with van der Waals surface area (Å²) in [6.07, 6.45) is 7.06. The number of hydrogen-bond donors (Lipinski definition) is 1. The van der Waals surface area contributed by atoms with Gasteiger partial charge < -0.3 is 10.1 Å². The van der Waals surface area contributed by atoms with Gasteiger partial charge in [0, 0.05) is 22.5 Å². The van der Waals surface area contributed by atoms with E-state index in [1.165, 1.54) is 30.2 Å². The summed E-state index contributed by atoms with van der Waals surface area (Å²) in [7, 11) is 0. The Morgan fingerprint density at radius 3 is 2.45 bits per heavy atom. The second kappa shape index (κ2) is 11.3. The molecule has 33 heavy (non-hydrogen) atoms. The Labute approximate surface area is 198 Å². The molecule has 2 fully saturated rings. The highest BCUT2D eigenvalue weighted by molar-refractivity contribution is 5.88. The lowest BCUT2D eigenvalue weighted by Crippen LogP contribution is -2.59. The first-order valence-electron chi connectivity index (χ1n) is 12.5. The molecule has 2 aromatic rings.